The van der Waals surface area contributed by atoms with E-state index in [0.717, 1.165) is 56.8 Å². The Morgan fingerprint density at radius 2 is 0.676 bits per heavy atom. The molecule has 0 radical (unpaired) electrons. The van der Waals surface area contributed by atoms with Crippen LogP contribution in [0.3, 0.4) is 0 Å². The van der Waals surface area contributed by atoms with Gasteiger partial charge in [-0.3, -0.25) is 0 Å². The molecule has 0 saturated carbocycles. The van der Waals surface area contributed by atoms with Crippen molar-refractivity contribution in [1.29, 1.82) is 0 Å². The summed E-state index contributed by atoms with van der Waals surface area (Å²) in [5.74, 6) is 3.57. The maximum absolute atomic E-state index is 6.74. The molecule has 0 bridgehead atoms. The smallest absolute Gasteiger partial charge is 0.132 e. The molecule has 11 aromatic carbocycles. The van der Waals surface area contributed by atoms with Crippen molar-refractivity contribution in [2.24, 2.45) is 0 Å². The van der Waals surface area contributed by atoms with Gasteiger partial charge in [-0.15, -0.1) is 0 Å². The van der Waals surface area contributed by atoms with Crippen molar-refractivity contribution in [3.63, 3.8) is 0 Å². The average molecular weight is 946 g/mol. The van der Waals surface area contributed by atoms with Gasteiger partial charge in [0.2, 0.25) is 0 Å². The van der Waals surface area contributed by atoms with Crippen molar-refractivity contribution in [2.75, 3.05) is 4.90 Å². The minimum absolute atomic E-state index is 0.185. The number of fused-ring (bicyclic) bond motifs is 21. The average Bonchev–Trinajstić information content (AvgIpc) is 4.09. The van der Waals surface area contributed by atoms with Crippen molar-refractivity contribution in [3.8, 4) is 67.5 Å². The Kier molecular flexibility index (Phi) is 8.37. The maximum atomic E-state index is 6.74. The molecule has 0 saturated heterocycles. The van der Waals surface area contributed by atoms with Crippen LogP contribution in [-0.2, 0) is 16.2 Å². The lowest BCUT2D eigenvalue weighted by Gasteiger charge is -2.39. The van der Waals surface area contributed by atoms with Gasteiger partial charge in [0.25, 0.3) is 0 Å². The zero-order chi connectivity index (χ0) is 48.9. The number of para-hydroxylation sites is 4. The van der Waals surface area contributed by atoms with E-state index in [1.165, 1.54) is 83.5 Å². The molecule has 0 amide bonds. The van der Waals surface area contributed by atoms with Crippen LogP contribution in [0.25, 0.3) is 44.5 Å². The first-order chi connectivity index (χ1) is 36.5. The third-order valence-corrected chi connectivity index (χ3v) is 17.2. The number of rotatable bonds is 4. The fourth-order valence-electron chi connectivity index (χ4n) is 14.3. The highest BCUT2D eigenvalue weighted by molar-refractivity contribution is 6.00. The Bertz CT molecular complexity index is 4110. The van der Waals surface area contributed by atoms with E-state index in [9.17, 15) is 0 Å². The molecule has 2 aliphatic heterocycles. The second-order valence-corrected chi connectivity index (χ2v) is 21.0. The molecular formula is C71H47NO2. The van der Waals surface area contributed by atoms with Crippen molar-refractivity contribution in [3.05, 3.63) is 304 Å². The lowest BCUT2D eigenvalue weighted by atomic mass is 9.66. The zero-order valence-corrected chi connectivity index (χ0v) is 40.9. The number of nitrogens with zero attached hydrogens (tertiary/aromatic N) is 1. The van der Waals surface area contributed by atoms with Gasteiger partial charge >= 0.3 is 0 Å². The number of hydrogen-bond donors (Lipinski definition) is 0. The van der Waals surface area contributed by atoms with E-state index < -0.39 is 10.8 Å². The summed E-state index contributed by atoms with van der Waals surface area (Å²) in [7, 11) is 0. The van der Waals surface area contributed by atoms with Gasteiger partial charge in [0.15, 0.2) is 0 Å². The van der Waals surface area contributed by atoms with Crippen LogP contribution in [-0.4, -0.2) is 0 Å². The minimum atomic E-state index is -0.600. The van der Waals surface area contributed by atoms with Crippen LogP contribution in [0.5, 0.6) is 23.0 Å². The number of benzene rings is 11. The quantitative estimate of drug-likeness (QED) is 0.175. The second kappa shape index (κ2) is 14.9. The van der Waals surface area contributed by atoms with Crippen molar-refractivity contribution >= 4 is 17.1 Å². The van der Waals surface area contributed by atoms with Gasteiger partial charge < -0.3 is 14.4 Å². The lowest BCUT2D eigenvalue weighted by molar-refractivity contribution is 0.436. The molecule has 0 atom stereocenters. The molecule has 3 aliphatic carbocycles. The molecular weight excluding hydrogens is 899 g/mol. The van der Waals surface area contributed by atoms with Crippen LogP contribution >= 0.6 is 0 Å². The summed E-state index contributed by atoms with van der Waals surface area (Å²) in [5, 5.41) is 0. The summed E-state index contributed by atoms with van der Waals surface area (Å²) in [6.07, 6.45) is 0. The van der Waals surface area contributed by atoms with E-state index in [1.54, 1.807) is 0 Å². The van der Waals surface area contributed by atoms with E-state index >= 15 is 0 Å². The maximum Gasteiger partial charge on any atom is 0.132 e. The molecule has 3 heteroatoms. The summed E-state index contributed by atoms with van der Waals surface area (Å²) < 4.78 is 13.4. The molecule has 0 aromatic heterocycles. The number of anilines is 3. The Morgan fingerprint density at radius 3 is 1.23 bits per heavy atom. The molecule has 11 aromatic rings. The van der Waals surface area contributed by atoms with E-state index in [4.69, 9.17) is 9.47 Å². The van der Waals surface area contributed by atoms with Gasteiger partial charge in [-0.2, -0.15) is 0 Å². The molecule has 74 heavy (non-hydrogen) atoms. The summed E-state index contributed by atoms with van der Waals surface area (Å²) in [6.45, 7) is 4.75. The number of ether oxygens (including phenoxy) is 2. The minimum Gasteiger partial charge on any atom is -0.457 e. The molecule has 0 unspecified atom stereocenters. The van der Waals surface area contributed by atoms with E-state index in [-0.39, 0.29) is 5.41 Å². The third-order valence-electron chi connectivity index (χ3n) is 17.2. The fraction of sp³-hybridized carbons (Fsp3) is 0.0704. The van der Waals surface area contributed by atoms with Gasteiger partial charge in [-0.25, -0.2) is 0 Å². The van der Waals surface area contributed by atoms with Crippen molar-refractivity contribution in [2.45, 2.75) is 30.1 Å². The van der Waals surface area contributed by atoms with Crippen LogP contribution in [0.2, 0.25) is 0 Å². The monoisotopic (exact) mass is 945 g/mol. The Hall–Kier alpha value is -9.18. The summed E-state index contributed by atoms with van der Waals surface area (Å²) in [5.41, 5.74) is 24.3. The van der Waals surface area contributed by atoms with Crippen molar-refractivity contribution < 1.29 is 9.47 Å². The molecule has 16 rings (SSSR count). The highest BCUT2D eigenvalue weighted by Gasteiger charge is 2.53. The first-order valence-electron chi connectivity index (χ1n) is 25.8. The SMILES string of the molecule is CC1(C)c2ccccc2-c2ccc(N(c3ccc(-c4cccc5c4-c4ccccc4C54c5ccccc5Oc5ccccc54)cc3)c3cccc4c3-c3ccccc3C43c4ccccc4Oc4ccccc43)cc21. The predicted octanol–water partition coefficient (Wildman–Crippen LogP) is 18.1. The first-order valence-corrected chi connectivity index (χ1v) is 25.8. The van der Waals surface area contributed by atoms with Gasteiger partial charge in [-0.1, -0.05) is 208 Å². The third kappa shape index (κ3) is 5.20. The Balaban J connectivity index is 0.919. The fourth-order valence-corrected chi connectivity index (χ4v) is 14.3. The lowest BCUT2D eigenvalue weighted by Crippen LogP contribution is -2.32. The van der Waals surface area contributed by atoms with E-state index in [2.05, 4.69) is 267 Å². The molecule has 2 spiro atoms. The summed E-state index contributed by atoms with van der Waals surface area (Å²) >= 11 is 0. The topological polar surface area (TPSA) is 21.7 Å². The molecule has 0 N–H and O–H groups in total. The van der Waals surface area contributed by atoms with Crippen LogP contribution in [0.1, 0.15) is 69.5 Å². The zero-order valence-electron chi connectivity index (χ0n) is 40.9. The van der Waals surface area contributed by atoms with Gasteiger partial charge in [0.1, 0.15) is 23.0 Å². The summed E-state index contributed by atoms with van der Waals surface area (Å²) in [6, 6.07) is 91.8. The van der Waals surface area contributed by atoms with Gasteiger partial charge in [-0.05, 0) is 127 Å². The second-order valence-electron chi connectivity index (χ2n) is 21.0. The van der Waals surface area contributed by atoms with Crippen LogP contribution in [0.15, 0.2) is 249 Å². The molecule has 5 aliphatic rings. The Morgan fingerprint density at radius 1 is 0.284 bits per heavy atom. The van der Waals surface area contributed by atoms with Crippen LogP contribution in [0, 0.1) is 0 Å². The molecule has 3 nitrogen and oxygen atoms in total. The van der Waals surface area contributed by atoms with Gasteiger partial charge in [0.05, 0.1) is 16.5 Å². The van der Waals surface area contributed by atoms with Crippen molar-refractivity contribution in [1.82, 2.24) is 0 Å². The van der Waals surface area contributed by atoms with E-state index in [0.29, 0.717) is 0 Å². The first kappa shape index (κ1) is 41.4. The molecule has 348 valence electrons. The van der Waals surface area contributed by atoms with E-state index in [1.807, 2.05) is 0 Å². The molecule has 2 heterocycles. The number of hydrogen-bond acceptors (Lipinski definition) is 3. The Labute approximate surface area is 431 Å². The standard InChI is InChI=1S/C71H47NO2/c1-69(2)52-23-6-3-19-48(52)49-42-41-46(43-61(49)69)72(62-32-18-31-60-68(62)51-21-5-8-25-54(51)71(60)57-28-11-15-35-65(57)74-66-36-16-12-29-58(66)71)45-39-37-44(38-40-45)47-22-17-30-59-67(47)50-20-4-7-24-53(50)70(59)55-26-9-13-33-63(55)73-64-34-14-10-27-56(64)70/h3-43H,1-2H3. The predicted molar refractivity (Wildman–Crippen MR) is 299 cm³/mol. The van der Waals surface area contributed by atoms with Gasteiger partial charge in [0, 0.05) is 44.6 Å². The highest BCUT2D eigenvalue weighted by atomic mass is 16.5. The normalized spacial score (nSPS) is 15.2. The largest absolute Gasteiger partial charge is 0.457 e. The van der Waals surface area contributed by atoms with Crippen LogP contribution < -0.4 is 14.4 Å². The van der Waals surface area contributed by atoms with Crippen LogP contribution in [0.4, 0.5) is 17.1 Å². The summed E-state index contributed by atoms with van der Waals surface area (Å²) in [4.78, 5) is 2.52. The highest BCUT2D eigenvalue weighted by Crippen LogP contribution is 2.66. The molecule has 0 fully saturated rings.